The SMILES string of the molecule is C=O.Cc1ccc(C(=O)Oc2ccc(C=Nc3ccc(F)c(C)c3)cc2)cc1. The fourth-order valence-electron chi connectivity index (χ4n) is 2.34. The standard InChI is InChI=1S/C22H18FNO2.CH2O/c1-15-3-7-18(8-4-15)22(25)26-20-10-5-17(6-11-20)14-24-19-9-12-21(23)16(2)13-19;1-2/h3-14H,1-2H3;1H2. The third-order valence-corrected chi connectivity index (χ3v) is 3.88. The van der Waals surface area contributed by atoms with E-state index in [1.165, 1.54) is 6.07 Å². The minimum absolute atomic E-state index is 0.247. The van der Waals surface area contributed by atoms with E-state index in [4.69, 9.17) is 9.53 Å². The quantitative estimate of drug-likeness (QED) is 0.355. The van der Waals surface area contributed by atoms with E-state index in [1.54, 1.807) is 61.7 Å². The highest BCUT2D eigenvalue weighted by Crippen LogP contribution is 2.18. The number of halogens is 1. The van der Waals surface area contributed by atoms with E-state index in [0.717, 1.165) is 11.1 Å². The smallest absolute Gasteiger partial charge is 0.343 e. The lowest BCUT2D eigenvalue weighted by atomic mass is 10.1. The molecule has 0 saturated heterocycles. The summed E-state index contributed by atoms with van der Waals surface area (Å²) in [6, 6.07) is 18.9. The lowest BCUT2D eigenvalue weighted by Crippen LogP contribution is -2.08. The first-order chi connectivity index (χ1) is 13.5. The summed E-state index contributed by atoms with van der Waals surface area (Å²) >= 11 is 0. The van der Waals surface area contributed by atoms with Crippen molar-refractivity contribution in [1.29, 1.82) is 0 Å². The Morgan fingerprint density at radius 1 is 0.964 bits per heavy atom. The zero-order chi connectivity index (χ0) is 20.5. The van der Waals surface area contributed by atoms with Gasteiger partial charge >= 0.3 is 5.97 Å². The first-order valence-corrected chi connectivity index (χ1v) is 8.49. The molecule has 28 heavy (non-hydrogen) atoms. The number of esters is 1. The number of carbonyl (C=O) groups is 2. The molecule has 3 aromatic carbocycles. The lowest BCUT2D eigenvalue weighted by Gasteiger charge is -2.05. The van der Waals surface area contributed by atoms with Crippen molar-refractivity contribution in [1.82, 2.24) is 0 Å². The average molecular weight is 377 g/mol. The normalized spacial score (nSPS) is 10.2. The maximum atomic E-state index is 13.3. The molecule has 0 unspecified atom stereocenters. The van der Waals surface area contributed by atoms with Crippen LogP contribution in [0.15, 0.2) is 71.7 Å². The highest BCUT2D eigenvalue weighted by atomic mass is 19.1. The minimum Gasteiger partial charge on any atom is -0.423 e. The number of aryl methyl sites for hydroxylation is 2. The molecule has 0 aliphatic carbocycles. The number of rotatable bonds is 4. The number of aliphatic imine (C=N–C) groups is 1. The van der Waals surface area contributed by atoms with Crippen LogP contribution >= 0.6 is 0 Å². The number of ether oxygens (including phenoxy) is 1. The molecule has 4 nitrogen and oxygen atoms in total. The summed E-state index contributed by atoms with van der Waals surface area (Å²) in [4.78, 5) is 24.4. The summed E-state index contributed by atoms with van der Waals surface area (Å²) in [6.45, 7) is 5.66. The Morgan fingerprint density at radius 2 is 1.61 bits per heavy atom. The molecule has 0 bridgehead atoms. The van der Waals surface area contributed by atoms with Crippen LogP contribution < -0.4 is 4.74 Å². The predicted octanol–water partition coefficient (Wildman–Crippen LogP) is 5.23. The Kier molecular flexibility index (Phi) is 7.34. The van der Waals surface area contributed by atoms with Gasteiger partial charge in [0.2, 0.25) is 0 Å². The largest absolute Gasteiger partial charge is 0.423 e. The van der Waals surface area contributed by atoms with Crippen LogP contribution in [0.3, 0.4) is 0 Å². The van der Waals surface area contributed by atoms with Crippen molar-refractivity contribution in [2.24, 2.45) is 4.99 Å². The van der Waals surface area contributed by atoms with Gasteiger partial charge in [-0.3, -0.25) is 4.99 Å². The maximum absolute atomic E-state index is 13.3. The van der Waals surface area contributed by atoms with Crippen LogP contribution in [-0.4, -0.2) is 19.0 Å². The molecule has 0 fully saturated rings. The number of hydrogen-bond acceptors (Lipinski definition) is 4. The van der Waals surface area contributed by atoms with Gasteiger partial charge < -0.3 is 9.53 Å². The van der Waals surface area contributed by atoms with Gasteiger partial charge in [-0.25, -0.2) is 9.18 Å². The molecule has 3 rings (SSSR count). The second-order valence-corrected chi connectivity index (χ2v) is 6.02. The number of benzene rings is 3. The molecule has 0 N–H and O–H groups in total. The van der Waals surface area contributed by atoms with E-state index in [9.17, 15) is 9.18 Å². The van der Waals surface area contributed by atoms with Gasteiger partial charge in [-0.1, -0.05) is 17.7 Å². The Balaban J connectivity index is 0.00000136. The summed E-state index contributed by atoms with van der Waals surface area (Å²) < 4.78 is 18.6. The molecular weight excluding hydrogens is 357 g/mol. The van der Waals surface area contributed by atoms with Crippen molar-refractivity contribution in [2.45, 2.75) is 13.8 Å². The molecule has 0 atom stereocenters. The molecule has 0 aliphatic heterocycles. The summed E-state index contributed by atoms with van der Waals surface area (Å²) in [5.74, 6) is -0.178. The zero-order valence-electron chi connectivity index (χ0n) is 15.7. The van der Waals surface area contributed by atoms with E-state index in [0.29, 0.717) is 22.6 Å². The molecule has 0 radical (unpaired) electrons. The van der Waals surface area contributed by atoms with Crippen LogP contribution in [0.5, 0.6) is 5.75 Å². The predicted molar refractivity (Wildman–Crippen MR) is 108 cm³/mol. The third-order valence-electron chi connectivity index (χ3n) is 3.88. The van der Waals surface area contributed by atoms with Crippen molar-refractivity contribution in [3.8, 4) is 5.75 Å². The van der Waals surface area contributed by atoms with Crippen LogP contribution in [0.2, 0.25) is 0 Å². The van der Waals surface area contributed by atoms with Crippen molar-refractivity contribution < 1.29 is 18.7 Å². The van der Waals surface area contributed by atoms with Crippen molar-refractivity contribution in [3.05, 3.63) is 94.8 Å². The van der Waals surface area contributed by atoms with Crippen molar-refractivity contribution in [2.75, 3.05) is 0 Å². The van der Waals surface area contributed by atoms with Crippen molar-refractivity contribution >= 4 is 24.7 Å². The molecule has 0 amide bonds. The van der Waals surface area contributed by atoms with Gasteiger partial charge in [0.25, 0.3) is 0 Å². The molecule has 0 saturated carbocycles. The Morgan fingerprint density at radius 3 is 2.21 bits per heavy atom. The minimum atomic E-state index is -0.395. The number of hydrogen-bond donors (Lipinski definition) is 0. The highest BCUT2D eigenvalue weighted by molar-refractivity contribution is 5.91. The number of carbonyl (C=O) groups excluding carboxylic acids is 2. The van der Waals surface area contributed by atoms with Gasteiger partial charge in [-0.2, -0.15) is 0 Å². The van der Waals surface area contributed by atoms with E-state index in [-0.39, 0.29) is 5.82 Å². The van der Waals surface area contributed by atoms with Gasteiger partial charge in [0.15, 0.2) is 0 Å². The zero-order valence-corrected chi connectivity index (χ0v) is 15.7. The van der Waals surface area contributed by atoms with Gasteiger partial charge in [0.1, 0.15) is 18.4 Å². The highest BCUT2D eigenvalue weighted by Gasteiger charge is 2.07. The summed E-state index contributed by atoms with van der Waals surface area (Å²) in [6.07, 6.45) is 1.68. The van der Waals surface area contributed by atoms with Gasteiger partial charge in [0, 0.05) is 6.21 Å². The second kappa shape index (κ2) is 9.92. The molecule has 0 aromatic heterocycles. The first-order valence-electron chi connectivity index (χ1n) is 8.49. The van der Waals surface area contributed by atoms with Gasteiger partial charge in [0.05, 0.1) is 11.3 Å². The summed E-state index contributed by atoms with van der Waals surface area (Å²) in [5, 5.41) is 0. The van der Waals surface area contributed by atoms with Gasteiger partial charge in [-0.05, 0) is 79.6 Å². The number of nitrogens with zero attached hydrogens (tertiary/aromatic N) is 1. The van der Waals surface area contributed by atoms with E-state index in [2.05, 4.69) is 4.99 Å². The molecule has 0 aliphatic rings. The van der Waals surface area contributed by atoms with Gasteiger partial charge in [-0.15, -0.1) is 0 Å². The van der Waals surface area contributed by atoms with E-state index in [1.807, 2.05) is 25.8 Å². The second-order valence-electron chi connectivity index (χ2n) is 6.02. The van der Waals surface area contributed by atoms with Crippen LogP contribution in [0, 0.1) is 19.7 Å². The van der Waals surface area contributed by atoms with Crippen LogP contribution in [0.4, 0.5) is 10.1 Å². The Bertz CT molecular complexity index is 964. The molecule has 142 valence electrons. The molecular formula is C23H20FNO3. The van der Waals surface area contributed by atoms with Crippen LogP contribution in [-0.2, 0) is 4.79 Å². The van der Waals surface area contributed by atoms with Crippen LogP contribution in [0.25, 0.3) is 0 Å². The van der Waals surface area contributed by atoms with Crippen LogP contribution in [0.1, 0.15) is 27.0 Å². The molecule has 0 heterocycles. The fourth-order valence-corrected chi connectivity index (χ4v) is 2.34. The van der Waals surface area contributed by atoms with Crippen molar-refractivity contribution in [3.63, 3.8) is 0 Å². The average Bonchev–Trinajstić information content (AvgIpc) is 2.72. The maximum Gasteiger partial charge on any atom is 0.343 e. The first kappa shape index (κ1) is 20.7. The summed E-state index contributed by atoms with van der Waals surface area (Å²) in [7, 11) is 0. The molecule has 5 heteroatoms. The lowest BCUT2D eigenvalue weighted by molar-refractivity contribution is -0.0980. The Labute approximate surface area is 163 Å². The molecule has 0 spiro atoms. The van der Waals surface area contributed by atoms with E-state index < -0.39 is 5.97 Å². The van der Waals surface area contributed by atoms with E-state index >= 15 is 0 Å². The topological polar surface area (TPSA) is 55.7 Å². The monoisotopic (exact) mass is 377 g/mol. The summed E-state index contributed by atoms with van der Waals surface area (Å²) in [5.41, 5.74) is 3.67. The fraction of sp³-hybridized carbons (Fsp3) is 0.0870. The Hall–Kier alpha value is -3.60. The third kappa shape index (κ3) is 5.71. The molecule has 3 aromatic rings.